The average Bonchev–Trinajstić information content (AvgIpc) is 3.37. The summed E-state index contributed by atoms with van der Waals surface area (Å²) in [4.78, 5) is 17.9. The van der Waals surface area contributed by atoms with E-state index in [0.717, 1.165) is 5.69 Å². The highest BCUT2D eigenvalue weighted by Gasteiger charge is 2.35. The van der Waals surface area contributed by atoms with Gasteiger partial charge in [0.15, 0.2) is 11.5 Å². The van der Waals surface area contributed by atoms with Crippen molar-refractivity contribution in [2.45, 2.75) is 32.4 Å². The summed E-state index contributed by atoms with van der Waals surface area (Å²) in [6, 6.07) is 7.34. The molecule has 1 aliphatic heterocycles. The topological polar surface area (TPSA) is 127 Å². The van der Waals surface area contributed by atoms with Gasteiger partial charge in [0.05, 0.1) is 39.1 Å². The maximum Gasteiger partial charge on any atom is 0.258 e. The number of allylic oxidation sites excluding steroid dienone is 1. The van der Waals surface area contributed by atoms with Crippen molar-refractivity contribution in [2.24, 2.45) is 5.73 Å². The normalized spacial score (nSPS) is 14.7. The Hall–Kier alpha value is -4.39. The van der Waals surface area contributed by atoms with Crippen molar-refractivity contribution < 1.29 is 18.9 Å². The van der Waals surface area contributed by atoms with Crippen molar-refractivity contribution in [1.82, 2.24) is 14.1 Å². The molecule has 3 heterocycles. The molecule has 0 amide bonds. The number of nitriles is 1. The number of nitrogens with zero attached hydrogens (tertiary/aromatic N) is 4. The van der Waals surface area contributed by atoms with Gasteiger partial charge in [-0.3, -0.25) is 4.79 Å². The third kappa shape index (κ3) is 4.28. The minimum absolute atomic E-state index is 0.0459. The summed E-state index contributed by atoms with van der Waals surface area (Å²) in [5.74, 6) is 0.717. The van der Waals surface area contributed by atoms with Crippen LogP contribution in [0.4, 0.5) is 0 Å². The van der Waals surface area contributed by atoms with Crippen LogP contribution in [-0.4, -0.2) is 35.4 Å². The number of ether oxygens (including phenoxy) is 4. The third-order valence-corrected chi connectivity index (χ3v) is 6.07. The first-order valence-corrected chi connectivity index (χ1v) is 11.0. The highest BCUT2D eigenvalue weighted by Crippen LogP contribution is 2.46. The van der Waals surface area contributed by atoms with Gasteiger partial charge in [0.2, 0.25) is 11.6 Å². The Morgan fingerprint density at radius 1 is 1.14 bits per heavy atom. The van der Waals surface area contributed by atoms with E-state index in [1.165, 1.54) is 21.3 Å². The molecule has 3 aromatic rings. The molecule has 182 valence electrons. The van der Waals surface area contributed by atoms with Crippen LogP contribution in [0.5, 0.6) is 23.0 Å². The van der Waals surface area contributed by atoms with Crippen LogP contribution in [0, 0.1) is 18.3 Å². The molecular weight excluding hydrogens is 450 g/mol. The van der Waals surface area contributed by atoms with E-state index in [1.54, 1.807) is 35.3 Å². The quantitative estimate of drug-likeness (QED) is 0.525. The van der Waals surface area contributed by atoms with Crippen molar-refractivity contribution in [3.63, 3.8) is 0 Å². The number of methoxy groups -OCH3 is 3. The lowest BCUT2D eigenvalue weighted by Crippen LogP contribution is -2.33. The van der Waals surface area contributed by atoms with Crippen LogP contribution in [0.25, 0.3) is 0 Å². The van der Waals surface area contributed by atoms with Crippen LogP contribution in [0.3, 0.4) is 0 Å². The molecule has 1 unspecified atom stereocenters. The second-order valence-corrected chi connectivity index (χ2v) is 8.06. The maximum atomic E-state index is 13.8. The first kappa shape index (κ1) is 23.8. The average molecular weight is 478 g/mol. The molecule has 0 saturated heterocycles. The largest absolute Gasteiger partial charge is 0.493 e. The lowest BCUT2D eigenvalue weighted by molar-refractivity contribution is 0.323. The highest BCUT2D eigenvalue weighted by molar-refractivity contribution is 5.61. The summed E-state index contributed by atoms with van der Waals surface area (Å²) in [6.45, 7) is 3.04. The van der Waals surface area contributed by atoms with Gasteiger partial charge in [-0.2, -0.15) is 5.26 Å². The molecule has 2 aromatic heterocycles. The number of fused-ring (bicyclic) bond motifs is 1. The Bertz CT molecular complexity index is 1340. The molecule has 0 saturated carbocycles. The molecule has 0 aliphatic carbocycles. The number of rotatable bonds is 8. The van der Waals surface area contributed by atoms with Crippen molar-refractivity contribution in [2.75, 3.05) is 21.3 Å². The second-order valence-electron chi connectivity index (χ2n) is 8.06. The molecule has 1 aliphatic rings. The van der Waals surface area contributed by atoms with Gasteiger partial charge in [-0.25, -0.2) is 4.98 Å². The summed E-state index contributed by atoms with van der Waals surface area (Å²) >= 11 is 0. The summed E-state index contributed by atoms with van der Waals surface area (Å²) in [5.41, 5.74) is 7.68. The molecule has 0 radical (unpaired) electrons. The zero-order chi connectivity index (χ0) is 25.1. The SMILES string of the molecule is COc1cc(C2C(C#N)=C(N)Oc3cc(C)n(CCCn4ccnc4)c(=O)c32)cc(OC)c1OC. The van der Waals surface area contributed by atoms with Gasteiger partial charge in [0.25, 0.3) is 5.56 Å². The van der Waals surface area contributed by atoms with E-state index in [1.807, 2.05) is 17.7 Å². The fourth-order valence-electron chi connectivity index (χ4n) is 4.40. The third-order valence-electron chi connectivity index (χ3n) is 6.07. The van der Waals surface area contributed by atoms with E-state index in [9.17, 15) is 10.1 Å². The van der Waals surface area contributed by atoms with Crippen LogP contribution in [0.15, 0.2) is 53.2 Å². The van der Waals surface area contributed by atoms with Gasteiger partial charge in [-0.05, 0) is 31.0 Å². The lowest BCUT2D eigenvalue weighted by atomic mass is 9.83. The van der Waals surface area contributed by atoms with Gasteiger partial charge in [0.1, 0.15) is 17.4 Å². The number of imidazole rings is 1. The van der Waals surface area contributed by atoms with Crippen molar-refractivity contribution in [1.29, 1.82) is 5.26 Å². The van der Waals surface area contributed by atoms with Crippen molar-refractivity contribution in [3.05, 3.63) is 75.6 Å². The predicted molar refractivity (Wildman–Crippen MR) is 128 cm³/mol. The fraction of sp³-hybridized carbons (Fsp3) is 0.320. The smallest absolute Gasteiger partial charge is 0.258 e. The van der Waals surface area contributed by atoms with E-state index >= 15 is 0 Å². The molecule has 0 bridgehead atoms. The minimum atomic E-state index is -0.773. The molecule has 10 heteroatoms. The van der Waals surface area contributed by atoms with Crippen LogP contribution in [0.2, 0.25) is 0 Å². The monoisotopic (exact) mass is 477 g/mol. The number of nitrogens with two attached hydrogens (primary N) is 1. The van der Waals surface area contributed by atoms with Gasteiger partial charge in [0, 0.05) is 37.2 Å². The summed E-state index contributed by atoms with van der Waals surface area (Å²) < 4.78 is 25.8. The molecular formula is C25H27N5O5. The minimum Gasteiger partial charge on any atom is -0.493 e. The predicted octanol–water partition coefficient (Wildman–Crippen LogP) is 2.69. The Labute approximate surface area is 202 Å². The zero-order valence-electron chi connectivity index (χ0n) is 20.1. The van der Waals surface area contributed by atoms with Crippen LogP contribution >= 0.6 is 0 Å². The first-order chi connectivity index (χ1) is 16.9. The van der Waals surface area contributed by atoms with Crippen LogP contribution in [-0.2, 0) is 13.1 Å². The standard InChI is InChI=1S/C25H27N5O5/c1-15-10-18-22(25(31)30(15)8-5-7-29-9-6-28-14-29)21(17(13-26)24(27)35-18)16-11-19(32-2)23(34-4)20(12-16)33-3/h6,9-12,14,21H,5,7-8,27H2,1-4H3. The highest BCUT2D eigenvalue weighted by atomic mass is 16.5. The number of hydrogen-bond acceptors (Lipinski definition) is 8. The van der Waals surface area contributed by atoms with E-state index in [2.05, 4.69) is 11.1 Å². The summed E-state index contributed by atoms with van der Waals surface area (Å²) in [6.07, 6.45) is 6.05. The number of benzene rings is 1. The molecule has 0 spiro atoms. The number of aromatic nitrogens is 3. The number of pyridine rings is 1. The zero-order valence-corrected chi connectivity index (χ0v) is 20.1. The van der Waals surface area contributed by atoms with Crippen LogP contribution in [0.1, 0.15) is 29.2 Å². The van der Waals surface area contributed by atoms with E-state index in [-0.39, 0.29) is 17.0 Å². The Kier molecular flexibility index (Phi) is 6.68. The van der Waals surface area contributed by atoms with Gasteiger partial charge < -0.3 is 33.8 Å². The first-order valence-electron chi connectivity index (χ1n) is 11.0. The number of hydrogen-bond donors (Lipinski definition) is 1. The van der Waals surface area contributed by atoms with Gasteiger partial charge in [-0.1, -0.05) is 0 Å². The Morgan fingerprint density at radius 2 is 1.86 bits per heavy atom. The van der Waals surface area contributed by atoms with Crippen LogP contribution < -0.4 is 30.2 Å². The summed E-state index contributed by atoms with van der Waals surface area (Å²) in [7, 11) is 4.52. The molecule has 4 rings (SSSR count). The molecule has 35 heavy (non-hydrogen) atoms. The van der Waals surface area contributed by atoms with E-state index in [4.69, 9.17) is 24.7 Å². The number of aryl methyl sites for hydroxylation is 2. The van der Waals surface area contributed by atoms with Crippen molar-refractivity contribution in [3.8, 4) is 29.1 Å². The molecule has 2 N–H and O–H groups in total. The fourth-order valence-corrected chi connectivity index (χ4v) is 4.40. The van der Waals surface area contributed by atoms with Gasteiger partial charge in [-0.15, -0.1) is 0 Å². The van der Waals surface area contributed by atoms with Crippen molar-refractivity contribution >= 4 is 0 Å². The van der Waals surface area contributed by atoms with Gasteiger partial charge >= 0.3 is 0 Å². The Balaban J connectivity index is 1.85. The summed E-state index contributed by atoms with van der Waals surface area (Å²) in [5, 5.41) is 9.96. The molecule has 10 nitrogen and oxygen atoms in total. The molecule has 1 aromatic carbocycles. The lowest BCUT2D eigenvalue weighted by Gasteiger charge is -2.28. The second kappa shape index (κ2) is 9.85. The molecule has 0 fully saturated rings. The Morgan fingerprint density at radius 3 is 2.43 bits per heavy atom. The maximum absolute atomic E-state index is 13.8. The van der Waals surface area contributed by atoms with E-state index < -0.39 is 5.92 Å². The van der Waals surface area contributed by atoms with E-state index in [0.29, 0.717) is 53.6 Å². The molecule has 1 atom stereocenters.